The van der Waals surface area contributed by atoms with Gasteiger partial charge in [-0.25, -0.2) is 9.37 Å². The fourth-order valence-corrected chi connectivity index (χ4v) is 5.06. The summed E-state index contributed by atoms with van der Waals surface area (Å²) in [6.45, 7) is 3.98. The highest BCUT2D eigenvalue weighted by molar-refractivity contribution is 5.74. The summed E-state index contributed by atoms with van der Waals surface area (Å²) in [6, 6.07) is 12.3. The molecule has 7 nitrogen and oxygen atoms in total. The smallest absolute Gasteiger partial charge is 0.213 e. The lowest BCUT2D eigenvalue weighted by Crippen LogP contribution is -2.66. The Morgan fingerprint density at radius 2 is 1.88 bits per heavy atom. The number of methoxy groups -OCH3 is 1. The van der Waals surface area contributed by atoms with E-state index in [9.17, 15) is 5.11 Å². The number of nitrogens with one attached hydrogen (secondary N) is 1. The SMILES string of the molecule is COc1cc(-c2ccc(-c3ccc(N(C)[C@@H]4C[C@@]5(C)C=C[C@](C)(N5)[C@@H]4F)nn3)c(O)c2)ccn1. The Balaban J connectivity index is 1.37. The maximum absolute atomic E-state index is 15.4. The molecule has 0 radical (unpaired) electrons. The molecule has 0 amide bonds. The Morgan fingerprint density at radius 1 is 1.09 bits per heavy atom. The predicted octanol–water partition coefficient (Wildman–Crippen LogP) is 4.14. The average Bonchev–Trinajstić information content (AvgIpc) is 3.12. The quantitative estimate of drug-likeness (QED) is 0.553. The van der Waals surface area contributed by atoms with Crippen molar-refractivity contribution >= 4 is 5.82 Å². The standard InChI is InChI=1S/C26H28FN5O2/c1-25-10-11-26(2,31-25)24(27)20(15-25)32(3)22-8-7-19(29-30-22)18-6-5-16(13-21(18)33)17-9-12-28-23(14-17)34-4/h5-14,20,24,31,33H,15H2,1-4H3/t20-,24-,25-,26+/m1/s1. The minimum absolute atomic E-state index is 0.0920. The van der Waals surface area contributed by atoms with Gasteiger partial charge >= 0.3 is 0 Å². The van der Waals surface area contributed by atoms with E-state index in [-0.39, 0.29) is 17.3 Å². The van der Waals surface area contributed by atoms with Crippen molar-refractivity contribution in [2.24, 2.45) is 0 Å². The summed E-state index contributed by atoms with van der Waals surface area (Å²) in [5, 5.41) is 22.8. The molecule has 2 aliphatic rings. The van der Waals surface area contributed by atoms with Crippen LogP contribution in [0.4, 0.5) is 10.2 Å². The molecule has 2 bridgehead atoms. The lowest BCUT2D eigenvalue weighted by molar-refractivity contribution is 0.100. The maximum atomic E-state index is 15.4. The van der Waals surface area contributed by atoms with E-state index in [0.29, 0.717) is 29.4 Å². The van der Waals surface area contributed by atoms with Crippen molar-refractivity contribution < 1.29 is 14.2 Å². The number of aromatic hydroxyl groups is 1. The van der Waals surface area contributed by atoms with Gasteiger partial charge in [0, 0.05) is 30.4 Å². The van der Waals surface area contributed by atoms with Crippen LogP contribution < -0.4 is 15.0 Å². The van der Waals surface area contributed by atoms with Crippen molar-refractivity contribution in [3.05, 3.63) is 60.8 Å². The first-order valence-corrected chi connectivity index (χ1v) is 11.3. The van der Waals surface area contributed by atoms with Crippen LogP contribution in [-0.2, 0) is 0 Å². The number of phenols is 1. The van der Waals surface area contributed by atoms with Gasteiger partial charge in [-0.15, -0.1) is 10.2 Å². The third kappa shape index (κ3) is 3.77. The van der Waals surface area contributed by atoms with Crippen molar-refractivity contribution in [2.75, 3.05) is 19.1 Å². The first kappa shape index (κ1) is 22.3. The summed E-state index contributed by atoms with van der Waals surface area (Å²) in [4.78, 5) is 5.98. The van der Waals surface area contributed by atoms with Gasteiger partial charge in [0.2, 0.25) is 5.88 Å². The van der Waals surface area contributed by atoms with Crippen LogP contribution in [0.15, 0.2) is 60.8 Å². The number of ether oxygens (including phenoxy) is 1. The monoisotopic (exact) mass is 461 g/mol. The molecule has 34 heavy (non-hydrogen) atoms. The molecule has 0 saturated carbocycles. The zero-order valence-electron chi connectivity index (χ0n) is 19.7. The fraction of sp³-hybridized carbons (Fsp3) is 0.346. The topological polar surface area (TPSA) is 83.4 Å². The highest BCUT2D eigenvalue weighted by atomic mass is 19.1. The second-order valence-corrected chi connectivity index (χ2v) is 9.54. The van der Waals surface area contributed by atoms with Crippen LogP contribution in [0.1, 0.15) is 20.3 Å². The summed E-state index contributed by atoms with van der Waals surface area (Å²) in [7, 11) is 3.42. The van der Waals surface area contributed by atoms with Crippen molar-refractivity contribution in [2.45, 2.75) is 43.6 Å². The van der Waals surface area contributed by atoms with Gasteiger partial charge in [0.05, 0.1) is 24.4 Å². The molecule has 5 rings (SSSR count). The maximum Gasteiger partial charge on any atom is 0.213 e. The first-order valence-electron chi connectivity index (χ1n) is 11.3. The number of nitrogens with zero attached hydrogens (tertiary/aromatic N) is 4. The normalized spacial score (nSPS) is 27.6. The molecule has 0 unspecified atom stereocenters. The minimum Gasteiger partial charge on any atom is -0.507 e. The van der Waals surface area contributed by atoms with E-state index in [2.05, 4.69) is 33.5 Å². The third-order valence-electron chi connectivity index (χ3n) is 6.96. The highest BCUT2D eigenvalue weighted by Crippen LogP contribution is 2.41. The Morgan fingerprint density at radius 3 is 2.59 bits per heavy atom. The third-order valence-corrected chi connectivity index (χ3v) is 6.96. The van der Waals surface area contributed by atoms with Crippen LogP contribution in [0, 0.1) is 0 Å². The van der Waals surface area contributed by atoms with Crippen LogP contribution in [0.5, 0.6) is 11.6 Å². The van der Waals surface area contributed by atoms with Crippen molar-refractivity contribution in [3.63, 3.8) is 0 Å². The molecule has 2 N–H and O–H groups in total. The van der Waals surface area contributed by atoms with Gasteiger partial charge in [-0.2, -0.15) is 0 Å². The number of fused-ring (bicyclic) bond motifs is 2. The highest BCUT2D eigenvalue weighted by Gasteiger charge is 2.53. The van der Waals surface area contributed by atoms with Crippen LogP contribution in [0.25, 0.3) is 22.4 Å². The van der Waals surface area contributed by atoms with Crippen LogP contribution in [-0.4, -0.2) is 57.7 Å². The number of alkyl halides is 1. The molecule has 2 aromatic heterocycles. The van der Waals surface area contributed by atoms with Crippen molar-refractivity contribution in [3.8, 4) is 34.0 Å². The molecule has 176 valence electrons. The van der Waals surface area contributed by atoms with Gasteiger partial charge in [0.1, 0.15) is 11.9 Å². The fourth-order valence-electron chi connectivity index (χ4n) is 5.06. The number of hydrogen-bond acceptors (Lipinski definition) is 7. The lowest BCUT2D eigenvalue weighted by Gasteiger charge is -2.47. The minimum atomic E-state index is -1.09. The second-order valence-electron chi connectivity index (χ2n) is 9.54. The van der Waals surface area contributed by atoms with Crippen LogP contribution >= 0.6 is 0 Å². The molecular formula is C26H28FN5O2. The van der Waals surface area contributed by atoms with Crippen molar-refractivity contribution in [1.29, 1.82) is 0 Å². The van der Waals surface area contributed by atoms with E-state index in [4.69, 9.17) is 4.74 Å². The van der Waals surface area contributed by atoms with E-state index in [0.717, 1.165) is 11.1 Å². The first-order chi connectivity index (χ1) is 16.2. The molecule has 1 fully saturated rings. The molecule has 1 saturated heterocycles. The molecule has 4 atom stereocenters. The van der Waals surface area contributed by atoms with E-state index < -0.39 is 11.7 Å². The summed E-state index contributed by atoms with van der Waals surface area (Å²) in [6.07, 6.45) is 5.20. The van der Waals surface area contributed by atoms with E-state index in [1.165, 1.54) is 0 Å². The van der Waals surface area contributed by atoms with Gasteiger partial charge in [-0.3, -0.25) is 5.32 Å². The molecular weight excluding hydrogens is 433 g/mol. The number of rotatable bonds is 5. The number of benzene rings is 1. The Kier molecular flexibility index (Phi) is 5.28. The number of piperidine rings is 1. The van der Waals surface area contributed by atoms with Gasteiger partial charge in [0.25, 0.3) is 0 Å². The number of pyridine rings is 1. The van der Waals surface area contributed by atoms with E-state index >= 15 is 4.39 Å². The lowest BCUT2D eigenvalue weighted by atomic mass is 9.81. The molecule has 8 heteroatoms. The van der Waals surface area contributed by atoms with Gasteiger partial charge in [0.15, 0.2) is 5.82 Å². The molecule has 4 heterocycles. The molecule has 0 spiro atoms. The predicted molar refractivity (Wildman–Crippen MR) is 130 cm³/mol. The number of hydrogen-bond donors (Lipinski definition) is 2. The molecule has 1 aromatic carbocycles. The molecule has 2 aliphatic heterocycles. The summed E-state index contributed by atoms with van der Waals surface area (Å²) < 4.78 is 20.6. The van der Waals surface area contributed by atoms with E-state index in [1.807, 2.05) is 43.1 Å². The van der Waals surface area contributed by atoms with Gasteiger partial charge < -0.3 is 14.7 Å². The van der Waals surface area contributed by atoms with Crippen molar-refractivity contribution in [1.82, 2.24) is 20.5 Å². The zero-order chi connectivity index (χ0) is 24.1. The number of halogens is 1. The summed E-state index contributed by atoms with van der Waals surface area (Å²) in [5.41, 5.74) is 1.89. The number of aromatic nitrogens is 3. The van der Waals surface area contributed by atoms with Gasteiger partial charge in [-0.1, -0.05) is 18.2 Å². The van der Waals surface area contributed by atoms with Gasteiger partial charge in [-0.05, 0) is 61.7 Å². The summed E-state index contributed by atoms with van der Waals surface area (Å²) >= 11 is 0. The second kappa shape index (κ2) is 8.06. The molecule has 3 aromatic rings. The Hall–Kier alpha value is -3.52. The largest absolute Gasteiger partial charge is 0.507 e. The number of phenolic OH excluding ortho intramolecular Hbond substituents is 1. The average molecular weight is 462 g/mol. The van der Waals surface area contributed by atoms with E-state index in [1.54, 1.807) is 37.6 Å². The number of anilines is 1. The summed E-state index contributed by atoms with van der Waals surface area (Å²) in [5.74, 6) is 1.18. The zero-order valence-corrected chi connectivity index (χ0v) is 19.7. The van der Waals surface area contributed by atoms with Crippen LogP contribution in [0.2, 0.25) is 0 Å². The Labute approximate surface area is 198 Å². The Bertz CT molecular complexity index is 1250. The van der Waals surface area contributed by atoms with Crippen LogP contribution in [0.3, 0.4) is 0 Å². The molecule has 0 aliphatic carbocycles.